The predicted octanol–water partition coefficient (Wildman–Crippen LogP) is 0.705. The predicted molar refractivity (Wildman–Crippen MR) is 53.8 cm³/mol. The van der Waals surface area contributed by atoms with Crippen molar-refractivity contribution in [3.8, 4) is 0 Å². The van der Waals surface area contributed by atoms with Gasteiger partial charge in [-0.2, -0.15) is 0 Å². The third-order valence-corrected chi connectivity index (χ3v) is 2.71. The average molecular weight is 210 g/mol. The Labute approximate surface area is 86.9 Å². The molecular weight excluding hydrogens is 196 g/mol. The van der Waals surface area contributed by atoms with Gasteiger partial charge >= 0.3 is 11.7 Å². The van der Waals surface area contributed by atoms with E-state index in [0.29, 0.717) is 6.04 Å². The lowest BCUT2D eigenvalue weighted by atomic mass is 10.2. The number of carbonyl (C=O) groups is 1. The molecule has 1 saturated carbocycles. The summed E-state index contributed by atoms with van der Waals surface area (Å²) in [6.45, 7) is 1.84. The standard InChI is InChI=1S/C10H14N2O3/c1-7(9(13)14)6-11-4-5-12(10(11)15)8-2-3-8/h4-5,7-8H,2-3,6H2,1H3,(H,13,14). The first-order valence-electron chi connectivity index (χ1n) is 5.09. The second-order valence-electron chi connectivity index (χ2n) is 4.11. The third kappa shape index (κ3) is 1.95. The minimum atomic E-state index is -0.874. The van der Waals surface area contributed by atoms with E-state index in [1.807, 2.05) is 0 Å². The van der Waals surface area contributed by atoms with Crippen LogP contribution in [-0.2, 0) is 11.3 Å². The van der Waals surface area contributed by atoms with Crippen LogP contribution in [0.15, 0.2) is 17.2 Å². The topological polar surface area (TPSA) is 64.2 Å². The van der Waals surface area contributed by atoms with Gasteiger partial charge in [0.15, 0.2) is 0 Å². The van der Waals surface area contributed by atoms with Crippen LogP contribution in [0.2, 0.25) is 0 Å². The maximum atomic E-state index is 11.7. The van der Waals surface area contributed by atoms with Crippen molar-refractivity contribution in [3.05, 3.63) is 22.9 Å². The lowest BCUT2D eigenvalue weighted by molar-refractivity contribution is -0.141. The first kappa shape index (κ1) is 10.0. The summed E-state index contributed by atoms with van der Waals surface area (Å²) in [5, 5.41) is 8.74. The second kappa shape index (κ2) is 3.56. The Morgan fingerprint density at radius 3 is 2.80 bits per heavy atom. The SMILES string of the molecule is CC(Cn1ccn(C2CC2)c1=O)C(=O)O. The molecule has 0 radical (unpaired) electrons. The summed E-state index contributed by atoms with van der Waals surface area (Å²) in [5.74, 6) is -1.40. The minimum absolute atomic E-state index is 0.0920. The number of aliphatic carboxylic acids is 1. The lowest BCUT2D eigenvalue weighted by Crippen LogP contribution is -2.27. The van der Waals surface area contributed by atoms with Gasteiger partial charge in [-0.3, -0.25) is 13.9 Å². The molecule has 1 aliphatic rings. The van der Waals surface area contributed by atoms with Crippen LogP contribution >= 0.6 is 0 Å². The zero-order valence-electron chi connectivity index (χ0n) is 8.59. The van der Waals surface area contributed by atoms with Gasteiger partial charge < -0.3 is 5.11 Å². The van der Waals surface area contributed by atoms with Crippen LogP contribution in [0, 0.1) is 5.92 Å². The van der Waals surface area contributed by atoms with Gasteiger partial charge in [0.1, 0.15) is 0 Å². The molecule has 1 atom stereocenters. The van der Waals surface area contributed by atoms with E-state index in [-0.39, 0.29) is 12.2 Å². The Morgan fingerprint density at radius 1 is 1.60 bits per heavy atom. The van der Waals surface area contributed by atoms with Gasteiger partial charge in [0, 0.05) is 25.0 Å². The Hall–Kier alpha value is -1.52. The maximum Gasteiger partial charge on any atom is 0.328 e. The van der Waals surface area contributed by atoms with Crippen LogP contribution in [0.25, 0.3) is 0 Å². The molecule has 82 valence electrons. The molecule has 0 aliphatic heterocycles. The van der Waals surface area contributed by atoms with E-state index < -0.39 is 11.9 Å². The van der Waals surface area contributed by atoms with Crippen molar-refractivity contribution in [2.45, 2.75) is 32.4 Å². The summed E-state index contributed by atoms with van der Waals surface area (Å²) in [4.78, 5) is 22.4. The van der Waals surface area contributed by atoms with Crippen LogP contribution in [0.3, 0.4) is 0 Å². The van der Waals surface area contributed by atoms with Gasteiger partial charge in [-0.1, -0.05) is 6.92 Å². The number of carboxylic acid groups (broad SMARTS) is 1. The molecule has 1 fully saturated rings. The maximum absolute atomic E-state index is 11.7. The van der Waals surface area contributed by atoms with Crippen molar-refractivity contribution in [1.29, 1.82) is 0 Å². The van der Waals surface area contributed by atoms with E-state index in [2.05, 4.69) is 0 Å². The summed E-state index contributed by atoms with van der Waals surface area (Å²) < 4.78 is 3.16. The molecule has 1 unspecified atom stereocenters. The highest BCUT2D eigenvalue weighted by molar-refractivity contribution is 5.69. The fraction of sp³-hybridized carbons (Fsp3) is 0.600. The summed E-state index contributed by atoms with van der Waals surface area (Å²) in [6, 6.07) is 0.346. The number of imidazole rings is 1. The van der Waals surface area contributed by atoms with Crippen molar-refractivity contribution in [2.75, 3.05) is 0 Å². The average Bonchev–Trinajstić information content (AvgIpc) is 2.95. The van der Waals surface area contributed by atoms with Crippen molar-refractivity contribution in [2.24, 2.45) is 5.92 Å². The van der Waals surface area contributed by atoms with E-state index in [1.165, 1.54) is 4.57 Å². The number of rotatable bonds is 4. The Morgan fingerprint density at radius 2 is 2.27 bits per heavy atom. The van der Waals surface area contributed by atoms with Crippen LogP contribution in [0.1, 0.15) is 25.8 Å². The molecule has 0 spiro atoms. The van der Waals surface area contributed by atoms with E-state index >= 15 is 0 Å². The van der Waals surface area contributed by atoms with E-state index in [1.54, 1.807) is 23.9 Å². The Bertz CT molecular complexity index is 428. The molecule has 1 heterocycles. The van der Waals surface area contributed by atoms with Crippen molar-refractivity contribution >= 4 is 5.97 Å². The van der Waals surface area contributed by atoms with Crippen LogP contribution in [-0.4, -0.2) is 20.2 Å². The second-order valence-corrected chi connectivity index (χ2v) is 4.11. The van der Waals surface area contributed by atoms with Gasteiger partial charge in [0.2, 0.25) is 0 Å². The normalized spacial score (nSPS) is 17.7. The molecule has 0 aromatic carbocycles. The third-order valence-electron chi connectivity index (χ3n) is 2.71. The minimum Gasteiger partial charge on any atom is -0.481 e. The fourth-order valence-electron chi connectivity index (χ4n) is 1.57. The quantitative estimate of drug-likeness (QED) is 0.795. The van der Waals surface area contributed by atoms with Crippen molar-refractivity contribution < 1.29 is 9.90 Å². The largest absolute Gasteiger partial charge is 0.481 e. The van der Waals surface area contributed by atoms with E-state index in [9.17, 15) is 9.59 Å². The van der Waals surface area contributed by atoms with Crippen LogP contribution < -0.4 is 5.69 Å². The highest BCUT2D eigenvalue weighted by Gasteiger charge is 2.26. The van der Waals surface area contributed by atoms with Gasteiger partial charge in [-0.25, -0.2) is 4.79 Å². The van der Waals surface area contributed by atoms with Gasteiger partial charge in [0.05, 0.1) is 5.92 Å². The summed E-state index contributed by atoms with van der Waals surface area (Å²) >= 11 is 0. The molecule has 1 N–H and O–H groups in total. The molecule has 1 aromatic heterocycles. The molecule has 2 rings (SSSR count). The first-order valence-corrected chi connectivity index (χ1v) is 5.09. The van der Waals surface area contributed by atoms with Crippen molar-refractivity contribution in [3.63, 3.8) is 0 Å². The molecule has 0 saturated heterocycles. The molecule has 1 aliphatic carbocycles. The van der Waals surface area contributed by atoms with E-state index in [4.69, 9.17) is 5.11 Å². The lowest BCUT2D eigenvalue weighted by Gasteiger charge is -2.05. The molecule has 0 bridgehead atoms. The Balaban J connectivity index is 2.15. The zero-order valence-corrected chi connectivity index (χ0v) is 8.59. The highest BCUT2D eigenvalue weighted by atomic mass is 16.4. The monoisotopic (exact) mass is 210 g/mol. The number of hydrogen-bond donors (Lipinski definition) is 1. The summed E-state index contributed by atoms with van der Waals surface area (Å²) in [5.41, 5.74) is -0.0920. The molecule has 5 nitrogen and oxygen atoms in total. The Kier molecular flexibility index (Phi) is 2.38. The van der Waals surface area contributed by atoms with Gasteiger partial charge in [-0.15, -0.1) is 0 Å². The first-order chi connectivity index (χ1) is 7.09. The molecule has 0 amide bonds. The van der Waals surface area contributed by atoms with E-state index in [0.717, 1.165) is 12.8 Å². The summed E-state index contributed by atoms with van der Waals surface area (Å²) in [6.07, 6.45) is 5.52. The molecule has 15 heavy (non-hydrogen) atoms. The molecule has 5 heteroatoms. The highest BCUT2D eigenvalue weighted by Crippen LogP contribution is 2.33. The van der Waals surface area contributed by atoms with Gasteiger partial charge in [-0.05, 0) is 12.8 Å². The van der Waals surface area contributed by atoms with Crippen LogP contribution in [0.5, 0.6) is 0 Å². The number of aromatic nitrogens is 2. The number of hydrogen-bond acceptors (Lipinski definition) is 2. The fourth-order valence-corrected chi connectivity index (χ4v) is 1.57. The summed E-state index contributed by atoms with van der Waals surface area (Å²) in [7, 11) is 0. The number of carboxylic acids is 1. The van der Waals surface area contributed by atoms with Crippen molar-refractivity contribution in [1.82, 2.24) is 9.13 Å². The zero-order chi connectivity index (χ0) is 11.0. The number of nitrogens with zero attached hydrogens (tertiary/aromatic N) is 2. The molecular formula is C10H14N2O3. The smallest absolute Gasteiger partial charge is 0.328 e. The van der Waals surface area contributed by atoms with Gasteiger partial charge in [0.25, 0.3) is 0 Å². The molecule has 1 aromatic rings. The van der Waals surface area contributed by atoms with Crippen LogP contribution in [0.4, 0.5) is 0 Å².